The number of rotatable bonds is 3. The average molecular weight is 282 g/mol. The number of nitrogens with one attached hydrogen (secondary N) is 2. The minimum Gasteiger partial charge on any atom is -0.355 e. The van der Waals surface area contributed by atoms with E-state index in [-0.39, 0.29) is 17.9 Å². The van der Waals surface area contributed by atoms with E-state index >= 15 is 0 Å². The molecule has 0 bridgehead atoms. The van der Waals surface area contributed by atoms with Crippen LogP contribution >= 0.6 is 0 Å². The van der Waals surface area contributed by atoms with Crippen LogP contribution in [0.4, 0.5) is 8.78 Å². The molecule has 2 N–H and O–H groups in total. The Labute approximate surface area is 117 Å². The van der Waals surface area contributed by atoms with Crippen molar-refractivity contribution in [2.45, 2.75) is 38.6 Å². The van der Waals surface area contributed by atoms with E-state index in [0.29, 0.717) is 37.1 Å². The molecule has 5 heteroatoms. The predicted molar refractivity (Wildman–Crippen MR) is 73.5 cm³/mol. The molecule has 2 atom stereocenters. The molecule has 1 amide bonds. The number of carbonyl (C=O) groups excluding carboxylic acids is 1. The van der Waals surface area contributed by atoms with Gasteiger partial charge in [0.15, 0.2) is 11.6 Å². The SMILES string of the molecule is CCNC(=O)C1CC(c2ccc(C)c(F)c2F)CCN1. The summed E-state index contributed by atoms with van der Waals surface area (Å²) in [5, 5.41) is 5.87. The Balaban J connectivity index is 2.17. The number of aryl methyl sites for hydroxylation is 1. The van der Waals surface area contributed by atoms with Crippen LogP contribution in [0.25, 0.3) is 0 Å². The van der Waals surface area contributed by atoms with Gasteiger partial charge in [0.25, 0.3) is 0 Å². The van der Waals surface area contributed by atoms with Crippen molar-refractivity contribution < 1.29 is 13.6 Å². The van der Waals surface area contributed by atoms with Gasteiger partial charge in [-0.1, -0.05) is 12.1 Å². The number of benzene rings is 1. The van der Waals surface area contributed by atoms with E-state index in [1.807, 2.05) is 6.92 Å². The van der Waals surface area contributed by atoms with Crippen molar-refractivity contribution in [2.75, 3.05) is 13.1 Å². The van der Waals surface area contributed by atoms with Crippen molar-refractivity contribution in [1.82, 2.24) is 10.6 Å². The molecule has 0 saturated carbocycles. The molecule has 1 aromatic carbocycles. The lowest BCUT2D eigenvalue weighted by atomic mass is 9.85. The molecule has 1 saturated heterocycles. The van der Waals surface area contributed by atoms with Gasteiger partial charge in [-0.3, -0.25) is 4.79 Å². The first-order chi connectivity index (χ1) is 9.54. The van der Waals surface area contributed by atoms with Gasteiger partial charge in [0.2, 0.25) is 5.91 Å². The molecule has 1 fully saturated rings. The Bertz CT molecular complexity index is 505. The fraction of sp³-hybridized carbons (Fsp3) is 0.533. The summed E-state index contributed by atoms with van der Waals surface area (Å²) in [4.78, 5) is 11.8. The average Bonchev–Trinajstić information content (AvgIpc) is 2.45. The summed E-state index contributed by atoms with van der Waals surface area (Å²) < 4.78 is 27.7. The lowest BCUT2D eigenvalue weighted by Gasteiger charge is -2.30. The van der Waals surface area contributed by atoms with Crippen LogP contribution in [-0.2, 0) is 4.79 Å². The fourth-order valence-electron chi connectivity index (χ4n) is 2.67. The lowest BCUT2D eigenvalue weighted by Crippen LogP contribution is -2.48. The second-order valence-corrected chi connectivity index (χ2v) is 5.22. The van der Waals surface area contributed by atoms with Gasteiger partial charge in [0.05, 0.1) is 6.04 Å². The summed E-state index contributed by atoms with van der Waals surface area (Å²) >= 11 is 0. The molecule has 0 spiro atoms. The van der Waals surface area contributed by atoms with Gasteiger partial charge in [0.1, 0.15) is 0 Å². The van der Waals surface area contributed by atoms with E-state index in [1.54, 1.807) is 19.1 Å². The van der Waals surface area contributed by atoms with Crippen LogP contribution in [0.2, 0.25) is 0 Å². The highest BCUT2D eigenvalue weighted by Crippen LogP contribution is 2.31. The van der Waals surface area contributed by atoms with Crippen LogP contribution in [0.3, 0.4) is 0 Å². The third-order valence-electron chi connectivity index (χ3n) is 3.82. The van der Waals surface area contributed by atoms with Crippen molar-refractivity contribution in [3.8, 4) is 0 Å². The summed E-state index contributed by atoms with van der Waals surface area (Å²) in [6, 6.07) is 2.90. The minimum absolute atomic E-state index is 0.0785. The first-order valence-electron chi connectivity index (χ1n) is 7.00. The van der Waals surface area contributed by atoms with Crippen LogP contribution in [-0.4, -0.2) is 25.0 Å². The van der Waals surface area contributed by atoms with E-state index < -0.39 is 11.6 Å². The molecule has 0 radical (unpaired) electrons. The van der Waals surface area contributed by atoms with Gasteiger partial charge in [-0.15, -0.1) is 0 Å². The van der Waals surface area contributed by atoms with E-state index in [1.165, 1.54) is 0 Å². The third kappa shape index (κ3) is 2.98. The van der Waals surface area contributed by atoms with E-state index in [9.17, 15) is 13.6 Å². The molecular formula is C15H20F2N2O. The smallest absolute Gasteiger partial charge is 0.237 e. The van der Waals surface area contributed by atoms with Crippen molar-refractivity contribution in [2.24, 2.45) is 0 Å². The first kappa shape index (κ1) is 14.9. The topological polar surface area (TPSA) is 41.1 Å². The Hall–Kier alpha value is -1.49. The zero-order valence-electron chi connectivity index (χ0n) is 11.8. The van der Waals surface area contributed by atoms with Crippen LogP contribution < -0.4 is 10.6 Å². The molecule has 2 rings (SSSR count). The summed E-state index contributed by atoms with van der Waals surface area (Å²) in [5.41, 5.74) is 0.685. The second-order valence-electron chi connectivity index (χ2n) is 5.22. The number of halogens is 2. The summed E-state index contributed by atoms with van der Waals surface area (Å²) in [6.45, 7) is 4.59. The Morgan fingerprint density at radius 1 is 1.40 bits per heavy atom. The summed E-state index contributed by atoms with van der Waals surface area (Å²) in [5.74, 6) is -1.76. The molecule has 1 aliphatic rings. The molecule has 2 unspecified atom stereocenters. The molecular weight excluding hydrogens is 262 g/mol. The summed E-state index contributed by atoms with van der Waals surface area (Å²) in [7, 11) is 0. The Kier molecular flexibility index (Phi) is 4.70. The van der Waals surface area contributed by atoms with Gasteiger partial charge in [-0.2, -0.15) is 0 Å². The van der Waals surface area contributed by atoms with Gasteiger partial charge in [-0.05, 0) is 50.3 Å². The second kappa shape index (κ2) is 6.31. The molecule has 1 aliphatic heterocycles. The predicted octanol–water partition coefficient (Wildman–Crippen LogP) is 2.24. The maximum absolute atomic E-state index is 14.0. The monoisotopic (exact) mass is 282 g/mol. The maximum Gasteiger partial charge on any atom is 0.237 e. The van der Waals surface area contributed by atoms with Crippen molar-refractivity contribution in [1.29, 1.82) is 0 Å². The molecule has 0 aliphatic carbocycles. The minimum atomic E-state index is -0.782. The molecule has 3 nitrogen and oxygen atoms in total. The van der Waals surface area contributed by atoms with Crippen molar-refractivity contribution in [3.63, 3.8) is 0 Å². The highest BCUT2D eigenvalue weighted by molar-refractivity contribution is 5.81. The van der Waals surface area contributed by atoms with Crippen molar-refractivity contribution >= 4 is 5.91 Å². The first-order valence-corrected chi connectivity index (χ1v) is 7.00. The van der Waals surface area contributed by atoms with Crippen LogP contribution in [0.15, 0.2) is 12.1 Å². The number of amides is 1. The fourth-order valence-corrected chi connectivity index (χ4v) is 2.67. The van der Waals surface area contributed by atoms with E-state index in [4.69, 9.17) is 0 Å². The standard InChI is InChI=1S/C15H20F2N2O/c1-3-18-15(20)12-8-10(6-7-19-12)11-5-4-9(2)13(16)14(11)17/h4-5,10,12,19H,3,6-8H2,1-2H3,(H,18,20). The lowest BCUT2D eigenvalue weighted by molar-refractivity contribution is -0.123. The number of piperidine rings is 1. The zero-order chi connectivity index (χ0) is 14.7. The highest BCUT2D eigenvalue weighted by Gasteiger charge is 2.29. The molecule has 0 aromatic heterocycles. The van der Waals surface area contributed by atoms with Crippen LogP contribution in [0, 0.1) is 18.6 Å². The van der Waals surface area contributed by atoms with Gasteiger partial charge in [-0.25, -0.2) is 8.78 Å². The summed E-state index contributed by atoms with van der Waals surface area (Å²) in [6.07, 6.45) is 1.20. The highest BCUT2D eigenvalue weighted by atomic mass is 19.2. The van der Waals surface area contributed by atoms with E-state index in [0.717, 1.165) is 0 Å². The molecule has 1 aromatic rings. The van der Waals surface area contributed by atoms with Gasteiger partial charge in [0, 0.05) is 6.54 Å². The van der Waals surface area contributed by atoms with E-state index in [2.05, 4.69) is 10.6 Å². The molecule has 1 heterocycles. The Morgan fingerprint density at radius 2 is 2.15 bits per heavy atom. The van der Waals surface area contributed by atoms with Gasteiger partial charge >= 0.3 is 0 Å². The number of likely N-dealkylation sites (N-methyl/N-ethyl adjacent to an activating group) is 1. The van der Waals surface area contributed by atoms with Crippen molar-refractivity contribution in [3.05, 3.63) is 34.9 Å². The van der Waals surface area contributed by atoms with Crippen LogP contribution in [0.1, 0.15) is 36.8 Å². The van der Waals surface area contributed by atoms with Crippen LogP contribution in [0.5, 0.6) is 0 Å². The van der Waals surface area contributed by atoms with Gasteiger partial charge < -0.3 is 10.6 Å². The quantitative estimate of drug-likeness (QED) is 0.892. The largest absolute Gasteiger partial charge is 0.355 e. The number of hydrogen-bond donors (Lipinski definition) is 2. The molecule has 110 valence electrons. The maximum atomic E-state index is 14.0. The molecule has 20 heavy (non-hydrogen) atoms. The number of hydrogen-bond acceptors (Lipinski definition) is 2. The zero-order valence-corrected chi connectivity index (χ0v) is 11.8. The number of carbonyl (C=O) groups is 1. The Morgan fingerprint density at radius 3 is 2.85 bits per heavy atom. The third-order valence-corrected chi connectivity index (χ3v) is 3.82. The normalized spacial score (nSPS) is 22.6.